The lowest BCUT2D eigenvalue weighted by molar-refractivity contribution is -0.156. The van der Waals surface area contributed by atoms with Gasteiger partial charge in [-0.2, -0.15) is 0 Å². The summed E-state index contributed by atoms with van der Waals surface area (Å²) in [5.41, 5.74) is 4.84. The Labute approximate surface area is 442 Å². The number of pyridine rings is 1. The fourth-order valence-electron chi connectivity index (χ4n) is 10.8. The van der Waals surface area contributed by atoms with Gasteiger partial charge in [-0.25, -0.2) is 18.2 Å². The molecule has 7 rings (SSSR count). The molecule has 6 bridgehead atoms. The van der Waals surface area contributed by atoms with E-state index in [9.17, 15) is 32.4 Å². The molecule has 0 saturated carbocycles. The minimum absolute atomic E-state index is 0.00499. The molecular formula is C55H78FN9O9S. The van der Waals surface area contributed by atoms with Crippen molar-refractivity contribution >= 4 is 56.0 Å². The highest BCUT2D eigenvalue weighted by Gasteiger charge is 2.48. The van der Waals surface area contributed by atoms with Crippen molar-refractivity contribution in [1.29, 1.82) is 0 Å². The normalized spacial score (nSPS) is 22.9. The number of sulfone groups is 1. The first-order valence-corrected chi connectivity index (χ1v) is 28.0. The Morgan fingerprint density at radius 2 is 1.77 bits per heavy atom. The Morgan fingerprint density at radius 3 is 2.43 bits per heavy atom. The van der Waals surface area contributed by atoms with E-state index in [1.54, 1.807) is 27.2 Å². The lowest BCUT2D eigenvalue weighted by atomic mass is 9.84. The van der Waals surface area contributed by atoms with Gasteiger partial charge in [-0.3, -0.25) is 38.9 Å². The highest BCUT2D eigenvalue weighted by atomic mass is 32.2. The molecular weight excluding hydrogens is 982 g/mol. The van der Waals surface area contributed by atoms with Crippen molar-refractivity contribution in [3.05, 3.63) is 47.8 Å². The van der Waals surface area contributed by atoms with Crippen LogP contribution in [0, 0.1) is 23.2 Å². The van der Waals surface area contributed by atoms with Gasteiger partial charge in [0.05, 0.1) is 40.6 Å². The Morgan fingerprint density at radius 1 is 1.07 bits per heavy atom. The number of amides is 4. The van der Waals surface area contributed by atoms with Crippen LogP contribution < -0.4 is 15.6 Å². The van der Waals surface area contributed by atoms with E-state index in [1.807, 2.05) is 82.8 Å². The minimum Gasteiger partial charge on any atom is -0.464 e. The fourth-order valence-corrected chi connectivity index (χ4v) is 12.5. The second-order valence-corrected chi connectivity index (χ2v) is 25.0. The molecule has 0 unspecified atom stereocenters. The number of halogens is 1. The van der Waals surface area contributed by atoms with E-state index in [0.29, 0.717) is 25.8 Å². The van der Waals surface area contributed by atoms with E-state index in [-0.39, 0.29) is 70.4 Å². The van der Waals surface area contributed by atoms with Crippen LogP contribution >= 0.6 is 0 Å². The number of methoxy groups -OCH3 is 1. The monoisotopic (exact) mass is 1060 g/mol. The number of likely N-dealkylation sites (tertiary alicyclic amines) is 1. The molecule has 20 heteroatoms. The van der Waals surface area contributed by atoms with E-state index in [4.69, 9.17) is 14.5 Å². The first-order valence-electron chi connectivity index (χ1n) is 26.3. The molecule has 5 atom stereocenters. The van der Waals surface area contributed by atoms with Crippen molar-refractivity contribution < 1.29 is 46.3 Å². The van der Waals surface area contributed by atoms with Gasteiger partial charge >= 0.3 is 5.97 Å². The first kappa shape index (κ1) is 57.1. The Kier molecular flexibility index (Phi) is 17.2. The molecule has 2 aromatic heterocycles. The summed E-state index contributed by atoms with van der Waals surface area (Å²) in [5.74, 6) is 1.39. The summed E-state index contributed by atoms with van der Waals surface area (Å²) >= 11 is 0. The SMILES string of the molecule is CCn1c(-c2cccnc2[C@H](C)OC)c2c3cc(ccc31)N1CCS(=O)(=O)[C@H](C[C@H](NC(=O)[C@H](C(C)C)N(C)C(=O)C3(F)CCN(C(=O)C#CC(C)(C)N(C)C)CC3)C(=O)N3CCC[C@H](N3)C(=O)OCC(C)(C)C2)C1. The third-order valence-electron chi connectivity index (χ3n) is 15.8. The van der Waals surface area contributed by atoms with Crippen LogP contribution in [0.5, 0.6) is 0 Å². The quantitative estimate of drug-likeness (QED) is 0.210. The predicted octanol–water partition coefficient (Wildman–Crippen LogP) is 4.69. The molecule has 0 aliphatic carbocycles. The number of aromatic nitrogens is 2. The number of nitrogens with one attached hydrogen (secondary N) is 2. The predicted molar refractivity (Wildman–Crippen MR) is 286 cm³/mol. The standard InChI is InChI=1S/C55H78FN9O9S/c1-13-64-44-19-18-37-30-40(44)41(48(64)39-16-14-24-57-46(39)36(4)73-12)32-53(5,6)34-74-51(69)42-17-15-25-65(59-42)50(68)43(31-38-33-63(37)28-29-75(38,71)72)58-49(67)47(35(2)3)61(11)52(70)55(56)22-26-62(27-23-55)45(66)20-21-54(7,8)60(9)10/h14,16,18-19,24,30,35-36,38,42-43,47,59H,13,15,17,22-23,25-29,31-34H2,1-12H3,(H,58,67)/t36-,38+,42-,43-,47-/m0/s1. The van der Waals surface area contributed by atoms with Gasteiger partial charge in [-0.1, -0.05) is 33.6 Å². The zero-order chi connectivity index (χ0) is 54.9. The molecule has 3 saturated heterocycles. The number of nitrogens with zero attached hydrogens (tertiary/aromatic N) is 7. The zero-order valence-corrected chi connectivity index (χ0v) is 46.7. The Bertz CT molecular complexity index is 2830. The first-order chi connectivity index (χ1) is 35.2. The molecule has 1 aromatic carbocycles. The van der Waals surface area contributed by atoms with Crippen LogP contribution in [0.2, 0.25) is 0 Å². The van der Waals surface area contributed by atoms with Crippen molar-refractivity contribution in [3.8, 4) is 23.1 Å². The van der Waals surface area contributed by atoms with Crippen molar-refractivity contribution in [2.24, 2.45) is 11.3 Å². The number of hydrogen-bond acceptors (Lipinski definition) is 13. The highest BCUT2D eigenvalue weighted by Crippen LogP contribution is 2.42. The summed E-state index contributed by atoms with van der Waals surface area (Å²) in [7, 11) is 2.83. The lowest BCUT2D eigenvalue weighted by Crippen LogP contribution is -2.63. The molecule has 18 nitrogen and oxygen atoms in total. The highest BCUT2D eigenvalue weighted by molar-refractivity contribution is 7.92. The van der Waals surface area contributed by atoms with E-state index in [0.717, 1.165) is 44.0 Å². The summed E-state index contributed by atoms with van der Waals surface area (Å²) in [6.45, 7) is 16.1. The van der Waals surface area contributed by atoms with Crippen molar-refractivity contribution in [3.63, 3.8) is 0 Å². The van der Waals surface area contributed by atoms with E-state index >= 15 is 4.39 Å². The molecule has 3 fully saturated rings. The number of alkyl halides is 1. The van der Waals surface area contributed by atoms with Crippen LogP contribution in [-0.2, 0) is 56.2 Å². The van der Waals surface area contributed by atoms with Gasteiger partial charge < -0.3 is 34.1 Å². The van der Waals surface area contributed by atoms with E-state index in [1.165, 1.54) is 17.0 Å². The topological polar surface area (TPSA) is 196 Å². The molecule has 75 heavy (non-hydrogen) atoms. The number of piperidine rings is 1. The van der Waals surface area contributed by atoms with Crippen LogP contribution in [0.25, 0.3) is 22.2 Å². The van der Waals surface area contributed by atoms with Crippen molar-refractivity contribution in [1.82, 2.24) is 40.0 Å². The molecule has 4 amide bonds. The van der Waals surface area contributed by atoms with Gasteiger partial charge in [-0.05, 0) is 115 Å². The number of aryl methyl sites for hydroxylation is 1. The number of benzene rings is 1. The number of likely N-dealkylation sites (N-methyl/N-ethyl adjacent to an activating group) is 1. The molecule has 6 heterocycles. The maximum Gasteiger partial charge on any atom is 0.324 e. The second kappa shape index (κ2) is 22.5. The van der Waals surface area contributed by atoms with E-state index in [2.05, 4.69) is 40.1 Å². The lowest BCUT2D eigenvalue weighted by Gasteiger charge is -2.40. The smallest absolute Gasteiger partial charge is 0.324 e. The third-order valence-corrected chi connectivity index (χ3v) is 17.9. The van der Waals surface area contributed by atoms with Gasteiger partial charge in [0.2, 0.25) is 5.91 Å². The third kappa shape index (κ3) is 12.2. The van der Waals surface area contributed by atoms with E-state index < -0.39 is 85.4 Å². The number of hydrogen-bond donors (Lipinski definition) is 2. The molecule has 4 aliphatic heterocycles. The average molecular weight is 1060 g/mol. The molecule has 410 valence electrons. The van der Waals surface area contributed by atoms with Crippen LogP contribution in [-0.4, -0.2) is 175 Å². The molecule has 3 aromatic rings. The number of ether oxygens (including phenoxy) is 2. The Balaban J connectivity index is 1.22. The van der Waals surface area contributed by atoms with Crippen LogP contribution in [0.4, 0.5) is 10.1 Å². The maximum absolute atomic E-state index is 16.8. The number of carbonyl (C=O) groups is 5. The summed E-state index contributed by atoms with van der Waals surface area (Å²) in [6.07, 6.45) is 1.72. The van der Waals surface area contributed by atoms with Gasteiger partial charge in [0.15, 0.2) is 15.5 Å². The average Bonchev–Trinajstić information content (AvgIpc) is 3.67. The van der Waals surface area contributed by atoms with Crippen LogP contribution in [0.15, 0.2) is 36.5 Å². The van der Waals surface area contributed by atoms with Crippen molar-refractivity contribution in [2.45, 2.75) is 141 Å². The van der Waals surface area contributed by atoms with Gasteiger partial charge in [0.25, 0.3) is 17.7 Å². The second-order valence-electron chi connectivity index (χ2n) is 22.6. The molecule has 4 aliphatic rings. The summed E-state index contributed by atoms with van der Waals surface area (Å²) in [5, 5.41) is 3.90. The van der Waals surface area contributed by atoms with Crippen molar-refractivity contribution in [2.75, 3.05) is 78.2 Å². The molecule has 0 radical (unpaired) electrons. The number of esters is 1. The van der Waals surface area contributed by atoms with Crippen LogP contribution in [0.1, 0.15) is 105 Å². The number of carbonyl (C=O) groups excluding carboxylic acids is 5. The number of cyclic esters (lactones) is 1. The molecule has 0 spiro atoms. The summed E-state index contributed by atoms with van der Waals surface area (Å²) in [6, 6.07) is 6.39. The number of rotatable bonds is 10. The number of fused-ring (bicyclic) bond motifs is 6. The van der Waals surface area contributed by atoms with Gasteiger partial charge in [0, 0.05) is 100 Å². The Hall–Kier alpha value is -5.62. The fraction of sp³-hybridized carbons (Fsp3) is 0.636. The largest absolute Gasteiger partial charge is 0.464 e. The maximum atomic E-state index is 16.8. The number of anilines is 1. The zero-order valence-electron chi connectivity index (χ0n) is 45.9. The van der Waals surface area contributed by atoms with Crippen LogP contribution in [0.3, 0.4) is 0 Å². The molecule has 2 N–H and O–H groups in total. The number of hydrazine groups is 1. The van der Waals surface area contributed by atoms with Gasteiger partial charge in [0.1, 0.15) is 18.1 Å². The minimum atomic E-state index is -3.86. The summed E-state index contributed by atoms with van der Waals surface area (Å²) in [4.78, 5) is 82.0. The summed E-state index contributed by atoms with van der Waals surface area (Å²) < 4.78 is 59.5. The van der Waals surface area contributed by atoms with Gasteiger partial charge in [-0.15, -0.1) is 0 Å².